The molecule has 0 aromatic rings. The first-order chi connectivity index (χ1) is 15.2. The number of hydrogen-bond acceptors (Lipinski definition) is 6. The van der Waals surface area contributed by atoms with Crippen molar-refractivity contribution in [2.24, 2.45) is 34.5 Å². The number of hydrogen-bond donors (Lipinski definition) is 4. The van der Waals surface area contributed by atoms with Crippen molar-refractivity contribution in [3.63, 3.8) is 0 Å². The molecule has 186 valence electrons. The molecule has 0 aromatic carbocycles. The fraction of sp³-hybridized carbons (Fsp3) is 0.889. The fourth-order valence-electron chi connectivity index (χ4n) is 9.02. The average Bonchev–Trinajstić information content (AvgIpc) is 3.20. The van der Waals surface area contributed by atoms with Crippen LogP contribution in [0.4, 0.5) is 0 Å². The Morgan fingerprint density at radius 3 is 2.33 bits per heavy atom. The molecule has 5 aliphatic rings. The van der Waals surface area contributed by atoms with Crippen molar-refractivity contribution in [3.8, 4) is 0 Å². The first-order valence-corrected chi connectivity index (χ1v) is 12.9. The van der Waals surface area contributed by atoms with Gasteiger partial charge in [-0.15, -0.1) is 0 Å². The van der Waals surface area contributed by atoms with Crippen LogP contribution in [0.1, 0.15) is 79.6 Å². The van der Waals surface area contributed by atoms with Crippen LogP contribution < -0.4 is 0 Å². The highest BCUT2D eigenvalue weighted by atomic mass is 16.5. The lowest BCUT2D eigenvalue weighted by Gasteiger charge is -2.61. The largest absolute Gasteiger partial charge is 0.392 e. The highest BCUT2D eigenvalue weighted by Gasteiger charge is 2.69. The van der Waals surface area contributed by atoms with Gasteiger partial charge in [0.1, 0.15) is 0 Å². The van der Waals surface area contributed by atoms with E-state index in [2.05, 4.69) is 27.7 Å². The predicted molar refractivity (Wildman–Crippen MR) is 123 cm³/mol. The van der Waals surface area contributed by atoms with Crippen molar-refractivity contribution in [3.05, 3.63) is 11.6 Å². The smallest absolute Gasteiger partial charge is 0.159 e. The third-order valence-electron chi connectivity index (χ3n) is 10.9. The van der Waals surface area contributed by atoms with Crippen LogP contribution in [-0.2, 0) is 9.53 Å². The lowest BCUT2D eigenvalue weighted by atomic mass is 9.45. The molecule has 0 spiro atoms. The topological polar surface area (TPSA) is 107 Å². The van der Waals surface area contributed by atoms with Gasteiger partial charge in [0.15, 0.2) is 5.78 Å². The normalized spacial score (nSPS) is 54.3. The number of ether oxygens (including phenoxy) is 1. The van der Waals surface area contributed by atoms with E-state index >= 15 is 0 Å². The summed E-state index contributed by atoms with van der Waals surface area (Å²) in [6.45, 7) is 10.5. The Bertz CT molecular complexity index is 867. The van der Waals surface area contributed by atoms with Crippen LogP contribution in [0.15, 0.2) is 11.6 Å². The second-order valence-electron chi connectivity index (χ2n) is 13.1. The van der Waals surface area contributed by atoms with Crippen LogP contribution in [0, 0.1) is 34.5 Å². The van der Waals surface area contributed by atoms with E-state index in [0.29, 0.717) is 18.4 Å². The molecule has 11 atom stereocenters. The first kappa shape index (κ1) is 23.9. The molecule has 5 rings (SSSR count). The zero-order valence-electron chi connectivity index (χ0n) is 20.8. The Morgan fingerprint density at radius 1 is 1.00 bits per heavy atom. The summed E-state index contributed by atoms with van der Waals surface area (Å²) in [6.07, 6.45) is 3.53. The molecule has 0 amide bonds. The van der Waals surface area contributed by atoms with Gasteiger partial charge in [-0.3, -0.25) is 4.79 Å². The van der Waals surface area contributed by atoms with Crippen molar-refractivity contribution >= 4 is 5.78 Å². The SMILES string of the molecule is C[C@H]([C@@H]1CCC(C)(C)O1)[C@H]1CC[C@@]2(O)C3=CC(=O)[C@@H]4C[C@@H](O)[C@@H](O)C[C@]4(C)C3[C@@H](O)C[C@]12C. The predicted octanol–water partition coefficient (Wildman–Crippen LogP) is 2.76. The summed E-state index contributed by atoms with van der Waals surface area (Å²) in [5.41, 5.74) is -1.85. The Morgan fingerprint density at radius 2 is 1.70 bits per heavy atom. The van der Waals surface area contributed by atoms with Crippen molar-refractivity contribution < 1.29 is 30.0 Å². The molecule has 1 aliphatic heterocycles. The molecular weight excluding hydrogens is 420 g/mol. The van der Waals surface area contributed by atoms with E-state index in [1.807, 2.05) is 6.92 Å². The Kier molecular flexibility index (Phi) is 5.34. The summed E-state index contributed by atoms with van der Waals surface area (Å²) in [5.74, 6) is -0.507. The fourth-order valence-corrected chi connectivity index (χ4v) is 9.02. The Hall–Kier alpha value is -0.790. The summed E-state index contributed by atoms with van der Waals surface area (Å²) in [4.78, 5) is 13.3. The minimum atomic E-state index is -1.16. The van der Waals surface area contributed by atoms with Crippen LogP contribution in [-0.4, -0.2) is 61.8 Å². The molecule has 4 fully saturated rings. The zero-order valence-corrected chi connectivity index (χ0v) is 20.8. The lowest BCUT2D eigenvalue weighted by molar-refractivity contribution is -0.177. The van der Waals surface area contributed by atoms with Crippen LogP contribution in [0.25, 0.3) is 0 Å². The first-order valence-electron chi connectivity index (χ1n) is 12.9. The van der Waals surface area contributed by atoms with Crippen molar-refractivity contribution in [2.45, 2.75) is 115 Å². The van der Waals surface area contributed by atoms with Gasteiger partial charge in [-0.05, 0) is 87.7 Å². The van der Waals surface area contributed by atoms with Gasteiger partial charge >= 0.3 is 0 Å². The van der Waals surface area contributed by atoms with Gasteiger partial charge in [0.25, 0.3) is 0 Å². The number of aliphatic hydroxyl groups excluding tert-OH is 3. The molecule has 1 heterocycles. The summed E-state index contributed by atoms with van der Waals surface area (Å²) >= 11 is 0. The monoisotopic (exact) mass is 462 g/mol. The number of allylic oxidation sites excluding steroid dienone is 1. The zero-order chi connectivity index (χ0) is 24.1. The second-order valence-corrected chi connectivity index (χ2v) is 13.1. The average molecular weight is 463 g/mol. The van der Waals surface area contributed by atoms with E-state index in [4.69, 9.17) is 4.74 Å². The maximum atomic E-state index is 13.3. The van der Waals surface area contributed by atoms with E-state index in [0.717, 1.165) is 19.3 Å². The number of fused-ring (bicyclic) bond motifs is 5. The van der Waals surface area contributed by atoms with Gasteiger partial charge in [0.05, 0.1) is 35.6 Å². The summed E-state index contributed by atoms with van der Waals surface area (Å²) in [7, 11) is 0. The molecule has 6 nitrogen and oxygen atoms in total. The number of ketones is 1. The molecule has 33 heavy (non-hydrogen) atoms. The molecule has 4 aliphatic carbocycles. The molecule has 0 bridgehead atoms. The Balaban J connectivity index is 1.52. The molecule has 4 N–H and O–H groups in total. The lowest BCUT2D eigenvalue weighted by Crippen LogP contribution is -2.64. The van der Waals surface area contributed by atoms with Crippen LogP contribution >= 0.6 is 0 Å². The molecule has 0 aromatic heterocycles. The number of carbonyl (C=O) groups excluding carboxylic acids is 1. The minimum absolute atomic E-state index is 0.0862. The number of rotatable bonds is 2. The van der Waals surface area contributed by atoms with Gasteiger partial charge in [-0.2, -0.15) is 0 Å². The Labute approximate surface area is 197 Å². The third-order valence-corrected chi connectivity index (χ3v) is 10.9. The van der Waals surface area contributed by atoms with Gasteiger partial charge in [-0.25, -0.2) is 0 Å². The van der Waals surface area contributed by atoms with Gasteiger partial charge in [0, 0.05) is 17.3 Å². The number of aliphatic hydroxyl groups is 4. The van der Waals surface area contributed by atoms with E-state index in [1.54, 1.807) is 6.08 Å². The molecule has 0 radical (unpaired) electrons. The van der Waals surface area contributed by atoms with E-state index in [9.17, 15) is 25.2 Å². The molecule has 1 unspecified atom stereocenters. The van der Waals surface area contributed by atoms with Crippen molar-refractivity contribution in [1.29, 1.82) is 0 Å². The highest BCUT2D eigenvalue weighted by Crippen LogP contribution is 2.68. The molecule has 6 heteroatoms. The van der Waals surface area contributed by atoms with Gasteiger partial charge < -0.3 is 25.2 Å². The summed E-state index contributed by atoms with van der Waals surface area (Å²) in [6, 6.07) is 0. The standard InChI is InChI=1S/C27H42O6/c1-14(22-7-8-24(2,3)33-22)15-6-9-27(32)17-11-18(28)16-10-19(29)20(30)12-25(16,4)23(17)21(31)13-26(15,27)5/h11,14-16,19-23,29-32H,6-10,12-13H2,1-5H3/t14-,15+,16-,19+,20-,21-,22-,23?,25-,26+,27+/m0/s1. The summed E-state index contributed by atoms with van der Waals surface area (Å²) in [5, 5.41) is 44.6. The van der Waals surface area contributed by atoms with E-state index in [1.165, 1.54) is 0 Å². The molecular formula is C27H42O6. The molecule has 3 saturated carbocycles. The maximum Gasteiger partial charge on any atom is 0.159 e. The summed E-state index contributed by atoms with van der Waals surface area (Å²) < 4.78 is 6.38. The van der Waals surface area contributed by atoms with Gasteiger partial charge in [-0.1, -0.05) is 20.8 Å². The number of carbonyl (C=O) groups is 1. The van der Waals surface area contributed by atoms with Crippen LogP contribution in [0.5, 0.6) is 0 Å². The van der Waals surface area contributed by atoms with E-state index < -0.39 is 46.6 Å². The van der Waals surface area contributed by atoms with Gasteiger partial charge in [0.2, 0.25) is 0 Å². The highest BCUT2D eigenvalue weighted by molar-refractivity contribution is 5.95. The third kappa shape index (κ3) is 3.20. The maximum absolute atomic E-state index is 13.3. The van der Waals surface area contributed by atoms with Crippen molar-refractivity contribution in [2.75, 3.05) is 0 Å². The van der Waals surface area contributed by atoms with Crippen molar-refractivity contribution in [1.82, 2.24) is 0 Å². The van der Waals surface area contributed by atoms with Crippen LogP contribution in [0.3, 0.4) is 0 Å². The quantitative estimate of drug-likeness (QED) is 0.503. The van der Waals surface area contributed by atoms with E-state index in [-0.39, 0.29) is 42.2 Å². The molecule has 1 saturated heterocycles. The van der Waals surface area contributed by atoms with Crippen LogP contribution in [0.2, 0.25) is 0 Å². The second kappa shape index (κ2) is 7.36. The minimum Gasteiger partial charge on any atom is -0.392 e.